The number of rotatable bonds is 2. The van der Waals surface area contributed by atoms with Crippen LogP contribution in [0.2, 0.25) is 10.0 Å². The van der Waals surface area contributed by atoms with E-state index in [0.717, 1.165) is 11.3 Å². The Hall–Kier alpha value is -1.89. The minimum atomic E-state index is 0.478. The predicted octanol–water partition coefficient (Wildman–Crippen LogP) is 4.50. The van der Waals surface area contributed by atoms with E-state index in [0.29, 0.717) is 27.0 Å². The van der Waals surface area contributed by atoms with Gasteiger partial charge in [-0.05, 0) is 42.8 Å². The fourth-order valence-corrected chi connectivity index (χ4v) is 2.06. The highest BCUT2D eigenvalue weighted by molar-refractivity contribution is 6.34. The van der Waals surface area contributed by atoms with Crippen LogP contribution < -0.4 is 11.1 Å². The highest BCUT2D eigenvalue weighted by atomic mass is 35.5. The summed E-state index contributed by atoms with van der Waals surface area (Å²) in [6.07, 6.45) is 0. The molecule has 0 fully saturated rings. The highest BCUT2D eigenvalue weighted by Crippen LogP contribution is 2.31. The van der Waals surface area contributed by atoms with E-state index in [4.69, 9.17) is 34.2 Å². The Balaban J connectivity index is 2.37. The number of nitrogens with one attached hydrogen (secondary N) is 1. The van der Waals surface area contributed by atoms with E-state index in [1.54, 1.807) is 30.3 Å². The van der Waals surface area contributed by atoms with Crippen molar-refractivity contribution >= 4 is 40.3 Å². The van der Waals surface area contributed by atoms with Gasteiger partial charge in [0.25, 0.3) is 0 Å². The maximum atomic E-state index is 8.79. The maximum Gasteiger partial charge on any atom is 0.0992 e. The molecule has 0 spiro atoms. The fraction of sp³-hybridized carbons (Fsp3) is 0.0714. The predicted molar refractivity (Wildman–Crippen MR) is 80.1 cm³/mol. The number of nitrogen functional groups attached to an aromatic ring is 1. The van der Waals surface area contributed by atoms with Gasteiger partial charge in [-0.1, -0.05) is 23.2 Å². The maximum absolute atomic E-state index is 8.79. The molecule has 3 N–H and O–H groups in total. The second-order valence-corrected chi connectivity index (χ2v) is 4.93. The van der Waals surface area contributed by atoms with Crippen LogP contribution in [-0.2, 0) is 0 Å². The Labute approximate surface area is 121 Å². The zero-order valence-electron chi connectivity index (χ0n) is 10.2. The SMILES string of the molecule is Cc1cc(N)c(Cl)cc1Nc1ccc(C#N)cc1Cl. The van der Waals surface area contributed by atoms with Gasteiger partial charge in [-0.2, -0.15) is 5.26 Å². The van der Waals surface area contributed by atoms with Gasteiger partial charge in [-0.25, -0.2) is 0 Å². The van der Waals surface area contributed by atoms with Crippen LogP contribution in [0.5, 0.6) is 0 Å². The Morgan fingerprint density at radius 2 is 1.84 bits per heavy atom. The number of nitrogens with two attached hydrogens (primary N) is 1. The molecule has 0 aromatic heterocycles. The summed E-state index contributed by atoms with van der Waals surface area (Å²) in [6.45, 7) is 1.92. The molecule has 96 valence electrons. The summed E-state index contributed by atoms with van der Waals surface area (Å²) in [6, 6.07) is 10.6. The van der Waals surface area contributed by atoms with E-state index in [1.807, 2.05) is 13.0 Å². The number of aryl methyl sites for hydroxylation is 1. The topological polar surface area (TPSA) is 61.8 Å². The lowest BCUT2D eigenvalue weighted by Gasteiger charge is -2.12. The van der Waals surface area contributed by atoms with E-state index < -0.39 is 0 Å². The number of hydrogen-bond donors (Lipinski definition) is 2. The summed E-state index contributed by atoms with van der Waals surface area (Å²) in [5.41, 5.74) is 9.28. The van der Waals surface area contributed by atoms with Crippen molar-refractivity contribution in [2.45, 2.75) is 6.92 Å². The molecule has 0 aliphatic rings. The second kappa shape index (κ2) is 5.40. The molecule has 19 heavy (non-hydrogen) atoms. The zero-order chi connectivity index (χ0) is 14.0. The number of hydrogen-bond acceptors (Lipinski definition) is 3. The van der Waals surface area contributed by atoms with Crippen LogP contribution in [0.3, 0.4) is 0 Å². The van der Waals surface area contributed by atoms with Crippen molar-refractivity contribution in [3.8, 4) is 6.07 Å². The number of nitriles is 1. The second-order valence-electron chi connectivity index (χ2n) is 4.12. The van der Waals surface area contributed by atoms with Crippen molar-refractivity contribution in [2.24, 2.45) is 0 Å². The Bertz CT molecular complexity index is 675. The van der Waals surface area contributed by atoms with Crippen LogP contribution >= 0.6 is 23.2 Å². The molecule has 0 amide bonds. The molecule has 0 saturated carbocycles. The first-order chi connectivity index (χ1) is 9.01. The quantitative estimate of drug-likeness (QED) is 0.801. The van der Waals surface area contributed by atoms with Gasteiger partial charge in [0.05, 0.1) is 33.1 Å². The van der Waals surface area contributed by atoms with Crippen molar-refractivity contribution in [3.63, 3.8) is 0 Å². The molecule has 0 aliphatic heterocycles. The van der Waals surface area contributed by atoms with Crippen LogP contribution in [0.15, 0.2) is 30.3 Å². The van der Waals surface area contributed by atoms with Crippen LogP contribution in [0.4, 0.5) is 17.1 Å². The van der Waals surface area contributed by atoms with Gasteiger partial charge in [0, 0.05) is 5.69 Å². The normalized spacial score (nSPS) is 10.0. The van der Waals surface area contributed by atoms with Crippen LogP contribution in [0.25, 0.3) is 0 Å². The van der Waals surface area contributed by atoms with E-state index in [-0.39, 0.29) is 0 Å². The smallest absolute Gasteiger partial charge is 0.0992 e. The monoisotopic (exact) mass is 291 g/mol. The van der Waals surface area contributed by atoms with Gasteiger partial charge in [0.2, 0.25) is 0 Å². The standard InChI is InChI=1S/C14H11Cl2N3/c1-8-4-12(18)10(15)6-14(8)19-13-3-2-9(7-17)5-11(13)16/h2-6,19H,18H2,1H3. The molecule has 0 aliphatic carbocycles. The summed E-state index contributed by atoms with van der Waals surface area (Å²) in [4.78, 5) is 0. The molecule has 2 aromatic rings. The molecule has 0 saturated heterocycles. The number of benzene rings is 2. The summed E-state index contributed by atoms with van der Waals surface area (Å²) < 4.78 is 0. The van der Waals surface area contributed by atoms with Crippen molar-refractivity contribution in [1.29, 1.82) is 5.26 Å². The molecule has 0 radical (unpaired) electrons. The lowest BCUT2D eigenvalue weighted by atomic mass is 10.1. The molecule has 3 nitrogen and oxygen atoms in total. The molecular weight excluding hydrogens is 281 g/mol. The highest BCUT2D eigenvalue weighted by Gasteiger charge is 2.07. The first-order valence-electron chi connectivity index (χ1n) is 5.53. The minimum absolute atomic E-state index is 0.478. The van der Waals surface area contributed by atoms with Gasteiger partial charge < -0.3 is 11.1 Å². The number of anilines is 3. The van der Waals surface area contributed by atoms with Crippen LogP contribution in [0, 0.1) is 18.3 Å². The van der Waals surface area contributed by atoms with E-state index in [2.05, 4.69) is 5.32 Å². The first kappa shape index (κ1) is 13.5. The van der Waals surface area contributed by atoms with Crippen molar-refractivity contribution in [2.75, 3.05) is 11.1 Å². The van der Waals surface area contributed by atoms with Crippen molar-refractivity contribution in [3.05, 3.63) is 51.5 Å². The van der Waals surface area contributed by atoms with Crippen LogP contribution in [-0.4, -0.2) is 0 Å². The average molecular weight is 292 g/mol. The average Bonchev–Trinajstić information content (AvgIpc) is 2.38. The molecule has 0 heterocycles. The molecular formula is C14H11Cl2N3. The molecule has 0 atom stereocenters. The lowest BCUT2D eigenvalue weighted by Crippen LogP contribution is -1.96. The van der Waals surface area contributed by atoms with Crippen molar-refractivity contribution in [1.82, 2.24) is 0 Å². The third-order valence-corrected chi connectivity index (χ3v) is 3.35. The number of nitrogens with zero attached hydrogens (tertiary/aromatic N) is 1. The minimum Gasteiger partial charge on any atom is -0.398 e. The van der Waals surface area contributed by atoms with Gasteiger partial charge in [0.15, 0.2) is 0 Å². The molecule has 0 bridgehead atoms. The van der Waals surface area contributed by atoms with E-state index in [9.17, 15) is 0 Å². The third-order valence-electron chi connectivity index (χ3n) is 2.71. The third kappa shape index (κ3) is 2.93. The first-order valence-corrected chi connectivity index (χ1v) is 6.29. The summed E-state index contributed by atoms with van der Waals surface area (Å²) >= 11 is 12.1. The van der Waals surface area contributed by atoms with E-state index >= 15 is 0 Å². The van der Waals surface area contributed by atoms with E-state index in [1.165, 1.54) is 0 Å². The van der Waals surface area contributed by atoms with Gasteiger partial charge in [-0.15, -0.1) is 0 Å². The lowest BCUT2D eigenvalue weighted by molar-refractivity contribution is 1.42. The summed E-state index contributed by atoms with van der Waals surface area (Å²) in [7, 11) is 0. The van der Waals surface area contributed by atoms with Gasteiger partial charge in [0.1, 0.15) is 0 Å². The molecule has 0 unspecified atom stereocenters. The van der Waals surface area contributed by atoms with Gasteiger partial charge >= 0.3 is 0 Å². The largest absolute Gasteiger partial charge is 0.398 e. The molecule has 2 rings (SSSR count). The summed E-state index contributed by atoms with van der Waals surface area (Å²) in [5.74, 6) is 0. The molecule has 2 aromatic carbocycles. The fourth-order valence-electron chi connectivity index (χ4n) is 1.67. The Morgan fingerprint density at radius 3 is 2.47 bits per heavy atom. The number of halogens is 2. The zero-order valence-corrected chi connectivity index (χ0v) is 11.7. The van der Waals surface area contributed by atoms with Gasteiger partial charge in [-0.3, -0.25) is 0 Å². The van der Waals surface area contributed by atoms with Crippen molar-refractivity contribution < 1.29 is 0 Å². The summed E-state index contributed by atoms with van der Waals surface area (Å²) in [5, 5.41) is 12.9. The molecule has 5 heteroatoms. The van der Waals surface area contributed by atoms with Crippen LogP contribution in [0.1, 0.15) is 11.1 Å². The Morgan fingerprint density at radius 1 is 1.11 bits per heavy atom. The Kier molecular flexibility index (Phi) is 3.84.